The molecule has 0 saturated heterocycles. The lowest BCUT2D eigenvalue weighted by atomic mass is 9.92. The number of hydrogen-bond donors (Lipinski definition) is 1. The van der Waals surface area contributed by atoms with Crippen LogP contribution in [0.4, 0.5) is 0 Å². The van der Waals surface area contributed by atoms with Crippen LogP contribution < -0.4 is 5.32 Å². The second-order valence-corrected chi connectivity index (χ2v) is 3.82. The molecule has 0 saturated carbocycles. The van der Waals surface area contributed by atoms with Gasteiger partial charge in [-0.2, -0.15) is 0 Å². The molecule has 0 bridgehead atoms. The zero-order valence-electron chi connectivity index (χ0n) is 10.3. The van der Waals surface area contributed by atoms with Crippen molar-refractivity contribution in [3.8, 4) is 0 Å². The molecular weight excluding hydrogens is 182 g/mol. The van der Waals surface area contributed by atoms with Crippen molar-refractivity contribution in [2.45, 2.75) is 33.6 Å². The molecule has 0 aliphatic carbocycles. The largest absolute Gasteiger partial charge is 0.388 e. The zero-order valence-corrected chi connectivity index (χ0v) is 10.3. The van der Waals surface area contributed by atoms with Crippen LogP contribution >= 0.6 is 0 Å². The van der Waals surface area contributed by atoms with Gasteiger partial charge in [0.15, 0.2) is 0 Å². The van der Waals surface area contributed by atoms with Gasteiger partial charge in [-0.05, 0) is 36.5 Å². The van der Waals surface area contributed by atoms with Gasteiger partial charge in [-0.15, -0.1) is 0 Å². The average molecular weight is 203 g/mol. The second-order valence-electron chi connectivity index (χ2n) is 3.82. The molecule has 0 aromatic heterocycles. The van der Waals surface area contributed by atoms with E-state index in [4.69, 9.17) is 0 Å². The Labute approximate surface area is 93.2 Å². The maximum Gasteiger partial charge on any atom is 0.0341 e. The Hall–Kier alpha value is -1.24. The van der Waals surface area contributed by atoms with Gasteiger partial charge in [0, 0.05) is 18.3 Å². The molecule has 82 valence electrons. The number of aryl methyl sites for hydroxylation is 1. The fourth-order valence-corrected chi connectivity index (χ4v) is 2.12. The van der Waals surface area contributed by atoms with E-state index in [-0.39, 0.29) is 0 Å². The highest BCUT2D eigenvalue weighted by Gasteiger charge is 2.09. The first kappa shape index (κ1) is 11.8. The van der Waals surface area contributed by atoms with Crippen LogP contribution in [0.1, 0.15) is 36.1 Å². The fraction of sp³-hybridized carbons (Fsp3) is 0.429. The summed E-state index contributed by atoms with van der Waals surface area (Å²) in [4.78, 5) is 0. The van der Waals surface area contributed by atoms with Crippen molar-refractivity contribution in [2.24, 2.45) is 0 Å². The van der Waals surface area contributed by atoms with Crippen molar-refractivity contribution < 1.29 is 0 Å². The van der Waals surface area contributed by atoms with Crippen molar-refractivity contribution in [1.29, 1.82) is 0 Å². The van der Waals surface area contributed by atoms with Gasteiger partial charge in [0.1, 0.15) is 0 Å². The van der Waals surface area contributed by atoms with Crippen LogP contribution in [-0.4, -0.2) is 7.05 Å². The monoisotopic (exact) mass is 203 g/mol. The first-order chi connectivity index (χ1) is 7.15. The van der Waals surface area contributed by atoms with Gasteiger partial charge in [-0.1, -0.05) is 32.6 Å². The van der Waals surface area contributed by atoms with Gasteiger partial charge >= 0.3 is 0 Å². The molecule has 1 aromatic carbocycles. The number of hydrogen-bond acceptors (Lipinski definition) is 1. The summed E-state index contributed by atoms with van der Waals surface area (Å²) in [6.45, 7) is 10.7. The van der Waals surface area contributed by atoms with Gasteiger partial charge in [-0.3, -0.25) is 0 Å². The number of benzene rings is 1. The van der Waals surface area contributed by atoms with Crippen LogP contribution in [0, 0.1) is 6.92 Å². The molecule has 15 heavy (non-hydrogen) atoms. The normalized spacial score (nSPS) is 10.1. The Morgan fingerprint density at radius 1 is 1.20 bits per heavy atom. The molecule has 0 amide bonds. The van der Waals surface area contributed by atoms with E-state index in [1.165, 1.54) is 22.3 Å². The predicted octanol–water partition coefficient (Wildman–Crippen LogP) is 3.31. The van der Waals surface area contributed by atoms with Gasteiger partial charge in [0.25, 0.3) is 0 Å². The molecule has 1 aromatic rings. The highest BCUT2D eigenvalue weighted by atomic mass is 14.8. The standard InChI is InChI=1S/C14H21N/c1-6-12-10(3)8-9-14(11(4)15-5)13(12)7-2/h8-9,15H,4,6-7H2,1-3,5H3. The maximum absolute atomic E-state index is 4.05. The molecule has 0 spiro atoms. The number of nitrogens with one attached hydrogen (secondary N) is 1. The molecule has 1 nitrogen and oxygen atoms in total. The highest BCUT2D eigenvalue weighted by Crippen LogP contribution is 2.24. The lowest BCUT2D eigenvalue weighted by molar-refractivity contribution is 1.00. The van der Waals surface area contributed by atoms with Gasteiger partial charge in [0.2, 0.25) is 0 Å². The van der Waals surface area contributed by atoms with Crippen molar-refractivity contribution in [2.75, 3.05) is 7.05 Å². The summed E-state index contributed by atoms with van der Waals surface area (Å²) in [5.41, 5.74) is 6.59. The first-order valence-corrected chi connectivity index (χ1v) is 5.64. The second kappa shape index (κ2) is 5.01. The topological polar surface area (TPSA) is 12.0 Å². The van der Waals surface area contributed by atoms with E-state index in [0.29, 0.717) is 0 Å². The van der Waals surface area contributed by atoms with Crippen LogP contribution in [0.2, 0.25) is 0 Å². The molecule has 0 heterocycles. The summed E-state index contributed by atoms with van der Waals surface area (Å²) in [5.74, 6) is 0. The van der Waals surface area contributed by atoms with Crippen LogP contribution in [0.5, 0.6) is 0 Å². The Kier molecular flexibility index (Phi) is 3.96. The Morgan fingerprint density at radius 2 is 1.80 bits per heavy atom. The van der Waals surface area contributed by atoms with E-state index in [1.54, 1.807) is 0 Å². The third-order valence-corrected chi connectivity index (χ3v) is 3.00. The molecule has 0 unspecified atom stereocenters. The minimum atomic E-state index is 1.02. The van der Waals surface area contributed by atoms with Crippen molar-refractivity contribution in [3.63, 3.8) is 0 Å². The van der Waals surface area contributed by atoms with Crippen molar-refractivity contribution in [1.82, 2.24) is 5.32 Å². The van der Waals surface area contributed by atoms with Crippen LogP contribution in [0.15, 0.2) is 18.7 Å². The van der Waals surface area contributed by atoms with Gasteiger partial charge in [0.05, 0.1) is 0 Å². The van der Waals surface area contributed by atoms with E-state index < -0.39 is 0 Å². The van der Waals surface area contributed by atoms with Crippen LogP contribution in [-0.2, 0) is 12.8 Å². The molecule has 0 aliphatic heterocycles. The van der Waals surface area contributed by atoms with E-state index in [2.05, 4.69) is 44.8 Å². The quantitative estimate of drug-likeness (QED) is 0.791. The first-order valence-electron chi connectivity index (χ1n) is 5.64. The number of rotatable bonds is 4. The Balaban J connectivity index is 3.35. The van der Waals surface area contributed by atoms with E-state index in [9.17, 15) is 0 Å². The van der Waals surface area contributed by atoms with E-state index in [0.717, 1.165) is 18.5 Å². The summed E-state index contributed by atoms with van der Waals surface area (Å²) in [6.07, 6.45) is 2.17. The molecule has 0 radical (unpaired) electrons. The molecular formula is C14H21N. The SMILES string of the molecule is C=C(NC)c1ccc(C)c(CC)c1CC. The lowest BCUT2D eigenvalue weighted by Crippen LogP contribution is -2.08. The van der Waals surface area contributed by atoms with Gasteiger partial charge < -0.3 is 5.32 Å². The molecule has 1 heteroatoms. The lowest BCUT2D eigenvalue weighted by Gasteiger charge is -2.16. The fourth-order valence-electron chi connectivity index (χ4n) is 2.12. The Bertz CT molecular complexity index is 364. The van der Waals surface area contributed by atoms with Gasteiger partial charge in [-0.25, -0.2) is 0 Å². The Morgan fingerprint density at radius 3 is 2.27 bits per heavy atom. The molecule has 1 rings (SSSR count). The molecule has 0 atom stereocenters. The van der Waals surface area contributed by atoms with Crippen LogP contribution in [0.25, 0.3) is 5.70 Å². The summed E-state index contributed by atoms with van der Waals surface area (Å²) in [5, 5.41) is 3.13. The average Bonchev–Trinajstić information content (AvgIpc) is 2.27. The molecule has 1 N–H and O–H groups in total. The summed E-state index contributed by atoms with van der Waals surface area (Å²) >= 11 is 0. The summed E-state index contributed by atoms with van der Waals surface area (Å²) < 4.78 is 0. The summed E-state index contributed by atoms with van der Waals surface area (Å²) in [7, 11) is 1.92. The van der Waals surface area contributed by atoms with E-state index >= 15 is 0 Å². The zero-order chi connectivity index (χ0) is 11.4. The molecule has 0 fully saturated rings. The minimum absolute atomic E-state index is 1.02. The highest BCUT2D eigenvalue weighted by molar-refractivity contribution is 5.66. The maximum atomic E-state index is 4.05. The van der Waals surface area contributed by atoms with Crippen LogP contribution in [0.3, 0.4) is 0 Å². The minimum Gasteiger partial charge on any atom is -0.388 e. The third-order valence-electron chi connectivity index (χ3n) is 3.00. The van der Waals surface area contributed by atoms with Crippen molar-refractivity contribution >= 4 is 5.70 Å². The third kappa shape index (κ3) is 2.23. The summed E-state index contributed by atoms with van der Waals surface area (Å²) in [6, 6.07) is 4.36. The smallest absolute Gasteiger partial charge is 0.0341 e. The van der Waals surface area contributed by atoms with E-state index in [1.807, 2.05) is 7.05 Å². The molecule has 0 aliphatic rings. The predicted molar refractivity (Wildman–Crippen MR) is 68.0 cm³/mol. The van der Waals surface area contributed by atoms with Crippen molar-refractivity contribution in [3.05, 3.63) is 41.0 Å².